The molecule has 0 unspecified atom stereocenters. The lowest BCUT2D eigenvalue weighted by Gasteiger charge is -2.11. The third kappa shape index (κ3) is 3.21. The molecule has 1 aromatic rings. The van der Waals surface area contributed by atoms with E-state index in [4.69, 9.17) is 5.11 Å². The number of hydrogen-bond acceptors (Lipinski definition) is 3. The van der Waals surface area contributed by atoms with Crippen LogP contribution in [0.1, 0.15) is 19.4 Å². The fraction of sp³-hybridized carbons (Fsp3) is 0.400. The smallest absolute Gasteiger partial charge is 0.235 e. The SMILES string of the molecule is CC(C)S(=O)(=O)Nc1cccc(CO)c1. The van der Waals surface area contributed by atoms with E-state index in [1.807, 2.05) is 0 Å². The number of rotatable bonds is 4. The maximum absolute atomic E-state index is 11.5. The molecule has 0 aliphatic carbocycles. The topological polar surface area (TPSA) is 66.4 Å². The maximum Gasteiger partial charge on any atom is 0.235 e. The fourth-order valence-electron chi connectivity index (χ4n) is 1.02. The Morgan fingerprint density at radius 3 is 2.60 bits per heavy atom. The molecule has 0 spiro atoms. The Morgan fingerprint density at radius 1 is 1.40 bits per heavy atom. The van der Waals surface area contributed by atoms with Crippen LogP contribution < -0.4 is 4.72 Å². The van der Waals surface area contributed by atoms with E-state index in [0.717, 1.165) is 0 Å². The third-order valence-electron chi connectivity index (χ3n) is 1.99. The molecule has 0 amide bonds. The Bertz CT molecular complexity index is 426. The monoisotopic (exact) mass is 229 g/mol. The number of nitrogens with one attached hydrogen (secondary N) is 1. The van der Waals surface area contributed by atoms with Crippen molar-refractivity contribution in [2.45, 2.75) is 25.7 Å². The average molecular weight is 229 g/mol. The Kier molecular flexibility index (Phi) is 3.71. The van der Waals surface area contributed by atoms with E-state index in [2.05, 4.69) is 4.72 Å². The number of hydrogen-bond donors (Lipinski definition) is 2. The van der Waals surface area contributed by atoms with Crippen LogP contribution in [-0.4, -0.2) is 18.8 Å². The molecule has 0 fully saturated rings. The predicted molar refractivity (Wildman–Crippen MR) is 60.0 cm³/mol. The van der Waals surface area contributed by atoms with Crippen LogP contribution in [0.25, 0.3) is 0 Å². The maximum atomic E-state index is 11.5. The molecule has 0 aliphatic rings. The van der Waals surface area contributed by atoms with Crippen molar-refractivity contribution in [3.05, 3.63) is 29.8 Å². The third-order valence-corrected chi connectivity index (χ3v) is 3.75. The lowest BCUT2D eigenvalue weighted by atomic mass is 10.2. The van der Waals surface area contributed by atoms with Crippen molar-refractivity contribution in [2.24, 2.45) is 0 Å². The second-order valence-corrected chi connectivity index (χ2v) is 5.79. The van der Waals surface area contributed by atoms with Gasteiger partial charge in [0.15, 0.2) is 0 Å². The van der Waals surface area contributed by atoms with Crippen molar-refractivity contribution in [3.8, 4) is 0 Å². The van der Waals surface area contributed by atoms with Crippen molar-refractivity contribution in [2.75, 3.05) is 4.72 Å². The first kappa shape index (κ1) is 12.0. The van der Waals surface area contributed by atoms with E-state index in [9.17, 15) is 8.42 Å². The molecule has 0 saturated heterocycles. The molecule has 4 nitrogen and oxygen atoms in total. The van der Waals surface area contributed by atoms with Gasteiger partial charge in [-0.3, -0.25) is 4.72 Å². The van der Waals surface area contributed by atoms with Crippen LogP contribution >= 0.6 is 0 Å². The molecular formula is C10H15NO3S. The van der Waals surface area contributed by atoms with Gasteiger partial charge in [-0.2, -0.15) is 0 Å². The number of benzene rings is 1. The second-order valence-electron chi connectivity index (χ2n) is 3.55. The van der Waals surface area contributed by atoms with Gasteiger partial charge < -0.3 is 5.11 Å². The molecule has 2 N–H and O–H groups in total. The summed E-state index contributed by atoms with van der Waals surface area (Å²) in [5.74, 6) is 0. The first-order chi connectivity index (χ1) is 6.95. The van der Waals surface area contributed by atoms with Crippen molar-refractivity contribution in [1.82, 2.24) is 0 Å². The average Bonchev–Trinajstić information content (AvgIpc) is 2.17. The molecule has 1 rings (SSSR count). The molecule has 0 radical (unpaired) electrons. The van der Waals surface area contributed by atoms with Crippen LogP contribution in [0.15, 0.2) is 24.3 Å². The van der Waals surface area contributed by atoms with E-state index in [0.29, 0.717) is 11.3 Å². The van der Waals surface area contributed by atoms with Crippen LogP contribution in [-0.2, 0) is 16.6 Å². The Hall–Kier alpha value is -1.07. The Morgan fingerprint density at radius 2 is 2.07 bits per heavy atom. The number of sulfonamides is 1. The zero-order valence-electron chi connectivity index (χ0n) is 8.77. The van der Waals surface area contributed by atoms with E-state index in [-0.39, 0.29) is 6.61 Å². The van der Waals surface area contributed by atoms with Gasteiger partial charge in [-0.05, 0) is 31.5 Å². The summed E-state index contributed by atoms with van der Waals surface area (Å²) < 4.78 is 25.5. The standard InChI is InChI=1S/C10H15NO3S/c1-8(2)15(13,14)11-10-5-3-4-9(6-10)7-12/h3-6,8,11-12H,7H2,1-2H3. The molecule has 15 heavy (non-hydrogen) atoms. The van der Waals surface area contributed by atoms with Gasteiger partial charge in [0.2, 0.25) is 10.0 Å². The largest absolute Gasteiger partial charge is 0.392 e. The van der Waals surface area contributed by atoms with Crippen LogP contribution in [0.5, 0.6) is 0 Å². The normalized spacial score (nSPS) is 11.7. The molecule has 0 atom stereocenters. The molecular weight excluding hydrogens is 214 g/mol. The lowest BCUT2D eigenvalue weighted by Crippen LogP contribution is -2.22. The minimum atomic E-state index is -3.31. The van der Waals surface area contributed by atoms with Gasteiger partial charge in [0.05, 0.1) is 11.9 Å². The van der Waals surface area contributed by atoms with Crippen molar-refractivity contribution in [3.63, 3.8) is 0 Å². The zero-order chi connectivity index (χ0) is 11.5. The lowest BCUT2D eigenvalue weighted by molar-refractivity contribution is 0.282. The highest BCUT2D eigenvalue weighted by molar-refractivity contribution is 7.93. The molecule has 0 saturated carbocycles. The summed E-state index contributed by atoms with van der Waals surface area (Å²) in [5, 5.41) is 8.42. The van der Waals surface area contributed by atoms with E-state index in [1.165, 1.54) is 0 Å². The highest BCUT2D eigenvalue weighted by atomic mass is 32.2. The summed E-state index contributed by atoms with van der Waals surface area (Å²) in [6.45, 7) is 3.12. The van der Waals surface area contributed by atoms with Crippen LogP contribution in [0.3, 0.4) is 0 Å². The summed E-state index contributed by atoms with van der Waals surface area (Å²) in [7, 11) is -3.31. The van der Waals surface area contributed by atoms with Gasteiger partial charge in [-0.1, -0.05) is 12.1 Å². The minimum Gasteiger partial charge on any atom is -0.392 e. The van der Waals surface area contributed by atoms with Crippen molar-refractivity contribution < 1.29 is 13.5 Å². The minimum absolute atomic E-state index is 0.1000. The molecule has 1 aromatic carbocycles. The van der Waals surface area contributed by atoms with Gasteiger partial charge in [-0.15, -0.1) is 0 Å². The molecule has 0 bridgehead atoms. The number of aliphatic hydroxyl groups excluding tert-OH is 1. The number of aliphatic hydroxyl groups is 1. The first-order valence-corrected chi connectivity index (χ1v) is 6.22. The van der Waals surface area contributed by atoms with Crippen LogP contribution in [0.2, 0.25) is 0 Å². The highest BCUT2D eigenvalue weighted by Gasteiger charge is 2.15. The van der Waals surface area contributed by atoms with E-state index >= 15 is 0 Å². The summed E-state index contributed by atoms with van der Waals surface area (Å²) >= 11 is 0. The van der Waals surface area contributed by atoms with Gasteiger partial charge in [0.25, 0.3) is 0 Å². The van der Waals surface area contributed by atoms with Crippen LogP contribution in [0.4, 0.5) is 5.69 Å². The molecule has 0 heterocycles. The van der Waals surface area contributed by atoms with Gasteiger partial charge >= 0.3 is 0 Å². The molecule has 5 heteroatoms. The summed E-state index contributed by atoms with van der Waals surface area (Å²) in [6, 6.07) is 6.69. The Labute approximate surface area is 90.0 Å². The van der Waals surface area contributed by atoms with Crippen LogP contribution in [0, 0.1) is 0 Å². The van der Waals surface area contributed by atoms with E-state index in [1.54, 1.807) is 38.1 Å². The van der Waals surface area contributed by atoms with Gasteiger partial charge in [-0.25, -0.2) is 8.42 Å². The van der Waals surface area contributed by atoms with Crippen molar-refractivity contribution >= 4 is 15.7 Å². The summed E-state index contributed by atoms with van der Waals surface area (Å²) in [4.78, 5) is 0. The second kappa shape index (κ2) is 4.63. The zero-order valence-corrected chi connectivity index (χ0v) is 9.58. The predicted octanol–water partition coefficient (Wildman–Crippen LogP) is 1.33. The van der Waals surface area contributed by atoms with Gasteiger partial charge in [0, 0.05) is 5.69 Å². The highest BCUT2D eigenvalue weighted by Crippen LogP contribution is 2.14. The quantitative estimate of drug-likeness (QED) is 0.818. The van der Waals surface area contributed by atoms with E-state index < -0.39 is 15.3 Å². The summed E-state index contributed by atoms with van der Waals surface area (Å²) in [5.41, 5.74) is 1.16. The summed E-state index contributed by atoms with van der Waals surface area (Å²) in [6.07, 6.45) is 0. The van der Waals surface area contributed by atoms with Crippen molar-refractivity contribution in [1.29, 1.82) is 0 Å². The fourth-order valence-corrected chi connectivity index (χ4v) is 1.71. The molecule has 0 aromatic heterocycles. The number of anilines is 1. The molecule has 84 valence electrons. The molecule has 0 aliphatic heterocycles. The van der Waals surface area contributed by atoms with Gasteiger partial charge in [0.1, 0.15) is 0 Å². The Balaban J connectivity index is 2.90. The first-order valence-electron chi connectivity index (χ1n) is 4.67.